The molecule has 0 radical (unpaired) electrons. The predicted octanol–water partition coefficient (Wildman–Crippen LogP) is 1.95. The molecule has 98 valence electrons. The zero-order valence-corrected chi connectivity index (χ0v) is 10.3. The van der Waals surface area contributed by atoms with E-state index in [1.165, 1.54) is 12.1 Å². The van der Waals surface area contributed by atoms with Gasteiger partial charge in [0, 0.05) is 24.6 Å². The summed E-state index contributed by atoms with van der Waals surface area (Å²) in [6.07, 6.45) is 3.37. The number of halogens is 1. The summed E-state index contributed by atoms with van der Waals surface area (Å²) in [6, 6.07) is 9.69. The van der Waals surface area contributed by atoms with Crippen LogP contribution in [0, 0.1) is 5.82 Å². The Morgan fingerprint density at radius 1 is 1.26 bits per heavy atom. The summed E-state index contributed by atoms with van der Waals surface area (Å²) < 4.78 is 12.9. The maximum absolute atomic E-state index is 12.9. The highest BCUT2D eigenvalue weighted by Crippen LogP contribution is 2.08. The zero-order chi connectivity index (χ0) is 13.5. The van der Waals surface area contributed by atoms with Crippen LogP contribution >= 0.6 is 0 Å². The minimum atomic E-state index is -0.333. The van der Waals surface area contributed by atoms with Gasteiger partial charge in [-0.05, 0) is 29.8 Å². The molecule has 1 heterocycles. The smallest absolute Gasteiger partial charge is 0.239 e. The summed E-state index contributed by atoms with van der Waals surface area (Å²) >= 11 is 0. The van der Waals surface area contributed by atoms with E-state index in [1.807, 2.05) is 12.1 Å². The molecule has 0 spiro atoms. The molecule has 0 unspecified atom stereocenters. The molecule has 1 aromatic heterocycles. The Morgan fingerprint density at radius 2 is 2.16 bits per heavy atom. The lowest BCUT2D eigenvalue weighted by molar-refractivity contribution is -0.119. The molecule has 1 aromatic carbocycles. The number of nitrogens with zero attached hydrogens (tertiary/aromatic N) is 1. The number of nitrogens with one attached hydrogen (secondary N) is 2. The molecular formula is C14H14FN3O. The van der Waals surface area contributed by atoms with Crippen LogP contribution in [0.4, 0.5) is 10.1 Å². The second-order valence-corrected chi connectivity index (χ2v) is 4.00. The van der Waals surface area contributed by atoms with Gasteiger partial charge in [0.1, 0.15) is 5.82 Å². The van der Waals surface area contributed by atoms with Crippen LogP contribution in [0.3, 0.4) is 0 Å². The second kappa shape index (κ2) is 6.49. The van der Waals surface area contributed by atoms with Gasteiger partial charge in [-0.1, -0.05) is 12.1 Å². The normalized spacial score (nSPS) is 9.95. The summed E-state index contributed by atoms with van der Waals surface area (Å²) in [5, 5.41) is 5.60. The van der Waals surface area contributed by atoms with Gasteiger partial charge in [-0.3, -0.25) is 9.78 Å². The molecule has 2 N–H and O–H groups in total. The Balaban J connectivity index is 1.76. The summed E-state index contributed by atoms with van der Waals surface area (Å²) in [6.45, 7) is 0.529. The Kier molecular flexibility index (Phi) is 4.44. The first-order chi connectivity index (χ1) is 9.24. The molecule has 5 heteroatoms. The van der Waals surface area contributed by atoms with E-state index in [4.69, 9.17) is 0 Å². The lowest BCUT2D eigenvalue weighted by atomic mass is 10.3. The van der Waals surface area contributed by atoms with E-state index < -0.39 is 0 Å². The van der Waals surface area contributed by atoms with E-state index in [9.17, 15) is 9.18 Å². The average Bonchev–Trinajstić information content (AvgIpc) is 2.44. The van der Waals surface area contributed by atoms with Gasteiger partial charge in [-0.25, -0.2) is 4.39 Å². The molecule has 0 bridgehead atoms. The van der Waals surface area contributed by atoms with Crippen LogP contribution in [-0.4, -0.2) is 17.4 Å². The van der Waals surface area contributed by atoms with E-state index in [0.29, 0.717) is 12.2 Å². The van der Waals surface area contributed by atoms with Crippen LogP contribution in [-0.2, 0) is 11.3 Å². The molecule has 1 amide bonds. The van der Waals surface area contributed by atoms with Crippen molar-refractivity contribution in [3.05, 3.63) is 60.2 Å². The number of hydrogen-bond acceptors (Lipinski definition) is 3. The summed E-state index contributed by atoms with van der Waals surface area (Å²) in [5.74, 6) is -0.492. The van der Waals surface area contributed by atoms with Crippen molar-refractivity contribution >= 4 is 11.6 Å². The van der Waals surface area contributed by atoms with Gasteiger partial charge in [0.05, 0.1) is 6.54 Å². The van der Waals surface area contributed by atoms with Crippen LogP contribution in [0.15, 0.2) is 48.8 Å². The lowest BCUT2D eigenvalue weighted by Gasteiger charge is -2.07. The minimum absolute atomic E-state index is 0.101. The number of aromatic nitrogens is 1. The average molecular weight is 259 g/mol. The number of hydrogen-bond donors (Lipinski definition) is 2. The number of rotatable bonds is 5. The highest BCUT2D eigenvalue weighted by Gasteiger charge is 2.01. The summed E-state index contributed by atoms with van der Waals surface area (Å²) in [4.78, 5) is 15.5. The monoisotopic (exact) mass is 259 g/mol. The van der Waals surface area contributed by atoms with Crippen molar-refractivity contribution in [2.75, 3.05) is 11.9 Å². The van der Waals surface area contributed by atoms with Gasteiger partial charge < -0.3 is 10.6 Å². The quantitative estimate of drug-likeness (QED) is 0.863. The highest BCUT2D eigenvalue weighted by atomic mass is 19.1. The van der Waals surface area contributed by atoms with Crippen molar-refractivity contribution < 1.29 is 9.18 Å². The fraction of sp³-hybridized carbons (Fsp3) is 0.143. The third kappa shape index (κ3) is 4.39. The van der Waals surface area contributed by atoms with E-state index in [-0.39, 0.29) is 18.3 Å². The molecule has 2 rings (SSSR count). The fourth-order valence-electron chi connectivity index (χ4n) is 1.55. The van der Waals surface area contributed by atoms with Crippen LogP contribution in [0.1, 0.15) is 5.56 Å². The van der Waals surface area contributed by atoms with Crippen molar-refractivity contribution in [3.63, 3.8) is 0 Å². The first-order valence-corrected chi connectivity index (χ1v) is 5.89. The first-order valence-electron chi connectivity index (χ1n) is 5.89. The second-order valence-electron chi connectivity index (χ2n) is 4.00. The molecule has 0 saturated carbocycles. The number of amides is 1. The van der Waals surface area contributed by atoms with Crippen molar-refractivity contribution in [3.8, 4) is 0 Å². The first kappa shape index (κ1) is 13.0. The number of anilines is 1. The van der Waals surface area contributed by atoms with Crippen LogP contribution in [0.2, 0.25) is 0 Å². The number of carbonyl (C=O) groups excluding carboxylic acids is 1. The molecule has 0 aliphatic carbocycles. The minimum Gasteiger partial charge on any atom is -0.376 e. The van der Waals surface area contributed by atoms with E-state index >= 15 is 0 Å². The molecule has 0 saturated heterocycles. The van der Waals surface area contributed by atoms with Crippen molar-refractivity contribution in [1.29, 1.82) is 0 Å². The Bertz CT molecular complexity index is 545. The van der Waals surface area contributed by atoms with E-state index in [0.717, 1.165) is 5.56 Å². The molecule has 4 nitrogen and oxygen atoms in total. The van der Waals surface area contributed by atoms with Gasteiger partial charge >= 0.3 is 0 Å². The van der Waals surface area contributed by atoms with E-state index in [2.05, 4.69) is 15.6 Å². The number of benzene rings is 1. The molecule has 0 fully saturated rings. The van der Waals surface area contributed by atoms with E-state index in [1.54, 1.807) is 24.5 Å². The lowest BCUT2D eigenvalue weighted by Crippen LogP contribution is -2.29. The molecule has 19 heavy (non-hydrogen) atoms. The van der Waals surface area contributed by atoms with Gasteiger partial charge in [0.25, 0.3) is 0 Å². The van der Waals surface area contributed by atoms with Crippen LogP contribution in [0.5, 0.6) is 0 Å². The number of pyridine rings is 1. The van der Waals surface area contributed by atoms with Gasteiger partial charge in [0.2, 0.25) is 5.91 Å². The standard InChI is InChI=1S/C14H14FN3O/c15-12-4-1-5-13(7-12)17-10-14(19)18-9-11-3-2-6-16-8-11/h1-8,17H,9-10H2,(H,18,19). The van der Waals surface area contributed by atoms with Gasteiger partial charge in [-0.2, -0.15) is 0 Å². The third-order valence-corrected chi connectivity index (χ3v) is 2.49. The van der Waals surface area contributed by atoms with Gasteiger partial charge in [0.15, 0.2) is 0 Å². The maximum Gasteiger partial charge on any atom is 0.239 e. The third-order valence-electron chi connectivity index (χ3n) is 2.49. The molecule has 2 aromatic rings. The van der Waals surface area contributed by atoms with Crippen molar-refractivity contribution in [2.24, 2.45) is 0 Å². The SMILES string of the molecule is O=C(CNc1cccc(F)c1)NCc1cccnc1. The molecule has 0 aliphatic heterocycles. The predicted molar refractivity (Wildman–Crippen MR) is 71.0 cm³/mol. The van der Waals surface area contributed by atoms with Crippen molar-refractivity contribution in [1.82, 2.24) is 10.3 Å². The largest absolute Gasteiger partial charge is 0.376 e. The van der Waals surface area contributed by atoms with Crippen LogP contribution in [0.25, 0.3) is 0 Å². The Hall–Kier alpha value is -2.43. The summed E-state index contributed by atoms with van der Waals surface area (Å²) in [7, 11) is 0. The summed E-state index contributed by atoms with van der Waals surface area (Å²) in [5.41, 5.74) is 1.51. The zero-order valence-electron chi connectivity index (χ0n) is 10.3. The Labute approximate surface area is 110 Å². The topological polar surface area (TPSA) is 54.0 Å². The van der Waals surface area contributed by atoms with Crippen LogP contribution < -0.4 is 10.6 Å². The number of carbonyl (C=O) groups is 1. The van der Waals surface area contributed by atoms with Crippen molar-refractivity contribution in [2.45, 2.75) is 6.54 Å². The molecular weight excluding hydrogens is 245 g/mol. The fourth-order valence-corrected chi connectivity index (χ4v) is 1.55. The molecule has 0 aliphatic rings. The Morgan fingerprint density at radius 3 is 2.89 bits per heavy atom. The van der Waals surface area contributed by atoms with Gasteiger partial charge in [-0.15, -0.1) is 0 Å². The maximum atomic E-state index is 12.9. The molecule has 0 atom stereocenters. The highest BCUT2D eigenvalue weighted by molar-refractivity contribution is 5.80.